The molecule has 0 aliphatic rings. The highest BCUT2D eigenvalue weighted by molar-refractivity contribution is 5.74. The molecule has 3 N–H and O–H groups in total. The van der Waals surface area contributed by atoms with Crippen molar-refractivity contribution in [3.8, 4) is 0 Å². The van der Waals surface area contributed by atoms with E-state index in [-0.39, 0.29) is 12.6 Å². The van der Waals surface area contributed by atoms with Crippen molar-refractivity contribution in [1.29, 1.82) is 0 Å². The molecule has 0 fully saturated rings. The van der Waals surface area contributed by atoms with E-state index in [1.165, 1.54) is 0 Å². The molecule has 0 aromatic carbocycles. The molecule has 0 saturated carbocycles. The monoisotopic (exact) mass is 270 g/mol. The number of carbonyl (C=O) groups excluding carboxylic acids is 1. The fourth-order valence-electron chi connectivity index (χ4n) is 1.78. The Morgan fingerprint density at radius 1 is 1.53 bits per heavy atom. The van der Waals surface area contributed by atoms with Gasteiger partial charge >= 0.3 is 6.03 Å². The molecule has 7 nitrogen and oxygen atoms in total. The van der Waals surface area contributed by atoms with Crippen LogP contribution in [0.5, 0.6) is 0 Å². The first-order valence-corrected chi connectivity index (χ1v) is 6.45. The molecular formula is C12H22N4O3. The van der Waals surface area contributed by atoms with Crippen LogP contribution in [-0.4, -0.2) is 40.0 Å². The lowest BCUT2D eigenvalue weighted by molar-refractivity contribution is 0.163. The van der Waals surface area contributed by atoms with E-state index in [0.717, 1.165) is 12.8 Å². The van der Waals surface area contributed by atoms with Gasteiger partial charge in [0.15, 0.2) is 5.82 Å². The molecule has 19 heavy (non-hydrogen) atoms. The summed E-state index contributed by atoms with van der Waals surface area (Å²) in [5.74, 6) is 1.08. The minimum absolute atomic E-state index is 0.0862. The van der Waals surface area contributed by atoms with Crippen LogP contribution in [0.4, 0.5) is 4.79 Å². The summed E-state index contributed by atoms with van der Waals surface area (Å²) < 4.78 is 4.93. The molecule has 0 aliphatic carbocycles. The van der Waals surface area contributed by atoms with Gasteiger partial charge < -0.3 is 20.3 Å². The third-order valence-electron chi connectivity index (χ3n) is 2.76. The van der Waals surface area contributed by atoms with Crippen LogP contribution < -0.4 is 10.6 Å². The summed E-state index contributed by atoms with van der Waals surface area (Å²) in [7, 11) is 0. The van der Waals surface area contributed by atoms with Crippen molar-refractivity contribution < 1.29 is 14.4 Å². The average molecular weight is 270 g/mol. The van der Waals surface area contributed by atoms with Gasteiger partial charge in [-0.1, -0.05) is 18.5 Å². The maximum absolute atomic E-state index is 11.7. The Morgan fingerprint density at radius 3 is 2.79 bits per heavy atom. The summed E-state index contributed by atoms with van der Waals surface area (Å²) in [5.41, 5.74) is -0.583. The molecule has 7 heteroatoms. The first kappa shape index (κ1) is 15.4. The number of aliphatic hydroxyl groups excluding tert-OH is 1. The summed E-state index contributed by atoms with van der Waals surface area (Å²) in [5, 5.41) is 18.4. The number of rotatable bonds is 7. The second-order valence-electron chi connectivity index (χ2n) is 4.84. The molecule has 1 aromatic rings. The molecule has 0 spiro atoms. The van der Waals surface area contributed by atoms with Gasteiger partial charge in [-0.05, 0) is 20.3 Å². The van der Waals surface area contributed by atoms with Crippen molar-refractivity contribution in [2.75, 3.05) is 13.2 Å². The number of aryl methyl sites for hydroxylation is 1. The zero-order valence-electron chi connectivity index (χ0n) is 11.7. The number of nitrogens with zero attached hydrogens (tertiary/aromatic N) is 2. The third-order valence-corrected chi connectivity index (χ3v) is 2.76. The van der Waals surface area contributed by atoms with Gasteiger partial charge in [0.1, 0.15) is 0 Å². The largest absolute Gasteiger partial charge is 0.394 e. The molecule has 1 heterocycles. The molecule has 2 amide bonds. The first-order valence-electron chi connectivity index (χ1n) is 6.45. The first-order chi connectivity index (χ1) is 8.99. The highest BCUT2D eigenvalue weighted by Gasteiger charge is 2.24. The van der Waals surface area contributed by atoms with Crippen LogP contribution in [0.2, 0.25) is 0 Å². The summed E-state index contributed by atoms with van der Waals surface area (Å²) in [6.45, 7) is 5.88. The quantitative estimate of drug-likeness (QED) is 0.679. The van der Waals surface area contributed by atoms with Crippen LogP contribution in [0.3, 0.4) is 0 Å². The molecule has 1 aromatic heterocycles. The number of aromatic nitrogens is 2. The summed E-state index contributed by atoms with van der Waals surface area (Å²) in [6, 6.07) is -0.304. The van der Waals surface area contributed by atoms with Crippen molar-refractivity contribution in [2.45, 2.75) is 45.6 Å². The third kappa shape index (κ3) is 5.25. The zero-order valence-corrected chi connectivity index (χ0v) is 11.7. The van der Waals surface area contributed by atoms with Gasteiger partial charge in [0.05, 0.1) is 12.1 Å². The number of amides is 2. The average Bonchev–Trinajstić information content (AvgIpc) is 2.75. The van der Waals surface area contributed by atoms with Crippen LogP contribution in [-0.2, 0) is 6.42 Å². The Balaban J connectivity index is 2.31. The molecule has 1 unspecified atom stereocenters. The number of nitrogens with one attached hydrogen (secondary N) is 2. The van der Waals surface area contributed by atoms with E-state index in [1.54, 1.807) is 6.92 Å². The van der Waals surface area contributed by atoms with Crippen LogP contribution in [0.25, 0.3) is 0 Å². The predicted molar refractivity (Wildman–Crippen MR) is 69.7 cm³/mol. The molecule has 0 radical (unpaired) electrons. The van der Waals surface area contributed by atoms with Crippen molar-refractivity contribution in [3.63, 3.8) is 0 Å². The van der Waals surface area contributed by atoms with Gasteiger partial charge in [-0.25, -0.2) is 4.79 Å². The van der Waals surface area contributed by atoms with Crippen molar-refractivity contribution in [2.24, 2.45) is 0 Å². The maximum Gasteiger partial charge on any atom is 0.315 e. The molecule has 0 aliphatic heterocycles. The Hall–Kier alpha value is -1.63. The van der Waals surface area contributed by atoms with Crippen LogP contribution in [0, 0.1) is 6.92 Å². The molecule has 0 bridgehead atoms. The van der Waals surface area contributed by atoms with Crippen molar-refractivity contribution >= 4 is 6.03 Å². The van der Waals surface area contributed by atoms with E-state index >= 15 is 0 Å². The molecule has 1 rings (SSSR count). The Labute approximate surface area is 112 Å². The minimum Gasteiger partial charge on any atom is -0.394 e. The van der Waals surface area contributed by atoms with Gasteiger partial charge in [0.2, 0.25) is 5.89 Å². The fraction of sp³-hybridized carbons (Fsp3) is 0.750. The summed E-state index contributed by atoms with van der Waals surface area (Å²) >= 11 is 0. The number of hydrogen-bond donors (Lipinski definition) is 3. The van der Waals surface area contributed by atoms with Crippen LogP contribution in [0.1, 0.15) is 38.4 Å². The summed E-state index contributed by atoms with van der Waals surface area (Å²) in [4.78, 5) is 15.7. The molecular weight excluding hydrogens is 248 g/mol. The fourth-order valence-corrected chi connectivity index (χ4v) is 1.78. The van der Waals surface area contributed by atoms with Gasteiger partial charge in [-0.2, -0.15) is 4.98 Å². The van der Waals surface area contributed by atoms with Crippen molar-refractivity contribution in [3.05, 3.63) is 11.7 Å². The molecule has 1 atom stereocenters. The van der Waals surface area contributed by atoms with Crippen molar-refractivity contribution in [1.82, 2.24) is 20.8 Å². The highest BCUT2D eigenvalue weighted by atomic mass is 16.5. The van der Waals surface area contributed by atoms with E-state index in [0.29, 0.717) is 24.7 Å². The standard InChI is InChI=1S/C12H22N4O3/c1-4-6-12(3,8-17)15-11(18)13-7-5-10-14-9(2)16-19-10/h17H,4-8H2,1-3H3,(H2,13,15,18). The van der Waals surface area contributed by atoms with Crippen LogP contribution in [0.15, 0.2) is 4.52 Å². The second kappa shape index (κ2) is 7.08. The van der Waals surface area contributed by atoms with Crippen LogP contribution >= 0.6 is 0 Å². The number of aliphatic hydroxyl groups is 1. The number of hydrogen-bond acceptors (Lipinski definition) is 5. The Morgan fingerprint density at radius 2 is 2.26 bits per heavy atom. The lowest BCUT2D eigenvalue weighted by Gasteiger charge is -2.28. The second-order valence-corrected chi connectivity index (χ2v) is 4.84. The van der Waals surface area contributed by atoms with E-state index in [4.69, 9.17) is 4.52 Å². The number of carbonyl (C=O) groups is 1. The highest BCUT2D eigenvalue weighted by Crippen LogP contribution is 2.10. The van der Waals surface area contributed by atoms with E-state index < -0.39 is 5.54 Å². The van der Waals surface area contributed by atoms with E-state index in [9.17, 15) is 9.90 Å². The Kier molecular flexibility index (Phi) is 5.75. The van der Waals surface area contributed by atoms with Gasteiger partial charge in [-0.15, -0.1) is 0 Å². The lowest BCUT2D eigenvalue weighted by Crippen LogP contribution is -2.52. The SMILES string of the molecule is CCCC(C)(CO)NC(=O)NCCc1nc(C)no1. The van der Waals surface area contributed by atoms with E-state index in [1.807, 2.05) is 13.8 Å². The molecule has 108 valence electrons. The smallest absolute Gasteiger partial charge is 0.315 e. The predicted octanol–water partition coefficient (Wildman–Crippen LogP) is 0.771. The summed E-state index contributed by atoms with van der Waals surface area (Å²) in [6.07, 6.45) is 2.09. The minimum atomic E-state index is -0.583. The number of urea groups is 1. The normalized spacial score (nSPS) is 13.9. The Bertz CT molecular complexity index is 407. The van der Waals surface area contributed by atoms with E-state index in [2.05, 4.69) is 20.8 Å². The topological polar surface area (TPSA) is 100 Å². The molecule has 0 saturated heterocycles. The lowest BCUT2D eigenvalue weighted by atomic mass is 9.98. The zero-order chi connectivity index (χ0) is 14.3. The van der Waals surface area contributed by atoms with Gasteiger partial charge in [0, 0.05) is 13.0 Å². The van der Waals surface area contributed by atoms with Gasteiger partial charge in [-0.3, -0.25) is 0 Å². The van der Waals surface area contributed by atoms with Gasteiger partial charge in [0.25, 0.3) is 0 Å². The maximum atomic E-state index is 11.7.